The van der Waals surface area contributed by atoms with Crippen molar-refractivity contribution in [2.45, 2.75) is 56.2 Å². The molecule has 2 nitrogen and oxygen atoms in total. The number of thioether (sulfide) groups is 1. The van der Waals surface area contributed by atoms with Gasteiger partial charge in [0.25, 0.3) is 0 Å². The average Bonchev–Trinajstić information content (AvgIpc) is 2.41. The molecule has 2 unspecified atom stereocenters. The lowest BCUT2D eigenvalue weighted by Gasteiger charge is -2.21. The van der Waals surface area contributed by atoms with E-state index >= 15 is 0 Å². The molecule has 1 aromatic carbocycles. The van der Waals surface area contributed by atoms with Gasteiger partial charge < -0.3 is 10.4 Å². The summed E-state index contributed by atoms with van der Waals surface area (Å²) < 4.78 is 0. The van der Waals surface area contributed by atoms with Crippen LogP contribution in [0.25, 0.3) is 0 Å². The molecule has 2 atom stereocenters. The predicted molar refractivity (Wildman–Crippen MR) is 84.8 cm³/mol. The van der Waals surface area contributed by atoms with Crippen LogP contribution in [-0.2, 0) is 0 Å². The molecule has 0 amide bonds. The zero-order chi connectivity index (χ0) is 14.1. The summed E-state index contributed by atoms with van der Waals surface area (Å²) in [6.45, 7) is 7.93. The number of nitrogens with one attached hydrogen (secondary N) is 1. The third kappa shape index (κ3) is 5.55. The predicted octanol–water partition coefficient (Wildman–Crippen LogP) is 4.00. The van der Waals surface area contributed by atoms with E-state index in [4.69, 9.17) is 5.11 Å². The lowest BCUT2D eigenvalue weighted by atomic mass is 10.0. The largest absolute Gasteiger partial charge is 0.396 e. The van der Waals surface area contributed by atoms with E-state index in [1.165, 1.54) is 10.5 Å². The number of aliphatic hydroxyl groups is 1. The second-order valence-electron chi connectivity index (χ2n) is 4.89. The van der Waals surface area contributed by atoms with Gasteiger partial charge in [0.15, 0.2) is 0 Å². The van der Waals surface area contributed by atoms with Crippen LogP contribution in [0.2, 0.25) is 0 Å². The summed E-state index contributed by atoms with van der Waals surface area (Å²) in [6, 6.07) is 9.08. The lowest BCUT2D eigenvalue weighted by molar-refractivity contribution is 0.289. The molecule has 3 heteroatoms. The van der Waals surface area contributed by atoms with E-state index in [1.807, 2.05) is 11.8 Å². The van der Waals surface area contributed by atoms with Crippen molar-refractivity contribution in [3.8, 4) is 0 Å². The molecule has 0 bridgehead atoms. The highest BCUT2D eigenvalue weighted by Gasteiger charge is 2.14. The van der Waals surface area contributed by atoms with Crippen LogP contribution < -0.4 is 5.32 Å². The van der Waals surface area contributed by atoms with E-state index in [-0.39, 0.29) is 6.61 Å². The average molecular weight is 281 g/mol. The number of hydrogen-bond acceptors (Lipinski definition) is 3. The van der Waals surface area contributed by atoms with E-state index < -0.39 is 0 Å². The maximum Gasteiger partial charge on any atom is 0.0441 e. The third-order valence-corrected chi connectivity index (χ3v) is 4.47. The minimum atomic E-state index is 0.266. The van der Waals surface area contributed by atoms with Crippen LogP contribution in [0.3, 0.4) is 0 Å². The van der Waals surface area contributed by atoms with E-state index in [2.05, 4.69) is 50.4 Å². The molecule has 0 aliphatic carbocycles. The van der Waals surface area contributed by atoms with Gasteiger partial charge in [0, 0.05) is 22.8 Å². The molecular weight excluding hydrogens is 254 g/mol. The Morgan fingerprint density at radius 1 is 1.26 bits per heavy atom. The maximum atomic E-state index is 9.03. The van der Waals surface area contributed by atoms with Gasteiger partial charge in [-0.3, -0.25) is 0 Å². The van der Waals surface area contributed by atoms with Crippen molar-refractivity contribution in [2.24, 2.45) is 0 Å². The van der Waals surface area contributed by atoms with Crippen LogP contribution in [-0.4, -0.2) is 23.5 Å². The molecule has 0 heterocycles. The van der Waals surface area contributed by atoms with Gasteiger partial charge in [0.05, 0.1) is 0 Å². The molecule has 0 radical (unpaired) electrons. The molecule has 2 N–H and O–H groups in total. The zero-order valence-corrected chi connectivity index (χ0v) is 13.2. The van der Waals surface area contributed by atoms with Gasteiger partial charge in [-0.05, 0) is 37.4 Å². The molecule has 0 spiro atoms. The Kier molecular flexibility index (Phi) is 8.19. The fourth-order valence-corrected chi connectivity index (χ4v) is 3.29. The first-order chi connectivity index (χ1) is 9.22. The molecule has 1 aromatic rings. The van der Waals surface area contributed by atoms with Crippen molar-refractivity contribution >= 4 is 11.8 Å². The van der Waals surface area contributed by atoms with Gasteiger partial charge in [0.1, 0.15) is 0 Å². The Morgan fingerprint density at radius 2 is 2.00 bits per heavy atom. The van der Waals surface area contributed by atoms with Crippen LogP contribution in [0, 0.1) is 0 Å². The van der Waals surface area contributed by atoms with Gasteiger partial charge in [-0.1, -0.05) is 39.0 Å². The first kappa shape index (κ1) is 16.5. The molecule has 0 fully saturated rings. The minimum absolute atomic E-state index is 0.266. The molecule has 108 valence electrons. The van der Waals surface area contributed by atoms with Crippen molar-refractivity contribution in [3.63, 3.8) is 0 Å². The summed E-state index contributed by atoms with van der Waals surface area (Å²) >= 11 is 1.87. The standard InChI is InChI=1S/C16H27NOS/c1-4-11-17-15(5-2)14-8-6-7-9-16(14)19-13(3)10-12-18/h6-9,13,15,17-18H,4-5,10-12H2,1-3H3. The van der Waals surface area contributed by atoms with Gasteiger partial charge >= 0.3 is 0 Å². The van der Waals surface area contributed by atoms with E-state index in [1.54, 1.807) is 0 Å². The van der Waals surface area contributed by atoms with Gasteiger partial charge in [-0.15, -0.1) is 11.8 Å². The number of aliphatic hydroxyl groups excluding tert-OH is 1. The maximum absolute atomic E-state index is 9.03. The van der Waals surface area contributed by atoms with E-state index in [9.17, 15) is 0 Å². The number of hydrogen-bond donors (Lipinski definition) is 2. The second-order valence-corrected chi connectivity index (χ2v) is 6.37. The minimum Gasteiger partial charge on any atom is -0.396 e. The van der Waals surface area contributed by atoms with Gasteiger partial charge in [-0.2, -0.15) is 0 Å². The van der Waals surface area contributed by atoms with Crippen LogP contribution in [0.1, 0.15) is 51.6 Å². The van der Waals surface area contributed by atoms with E-state index in [0.29, 0.717) is 11.3 Å². The first-order valence-electron chi connectivity index (χ1n) is 7.32. The monoisotopic (exact) mass is 281 g/mol. The molecule has 1 rings (SSSR count). The molecule has 19 heavy (non-hydrogen) atoms. The Balaban J connectivity index is 2.80. The Labute approximate surface area is 122 Å². The van der Waals surface area contributed by atoms with Gasteiger partial charge in [0.2, 0.25) is 0 Å². The summed E-state index contributed by atoms with van der Waals surface area (Å²) in [5, 5.41) is 13.1. The van der Waals surface area contributed by atoms with Crippen LogP contribution in [0.4, 0.5) is 0 Å². The highest BCUT2D eigenvalue weighted by atomic mass is 32.2. The SMILES string of the molecule is CCCNC(CC)c1ccccc1SC(C)CCO. The van der Waals surface area contributed by atoms with Crippen molar-refractivity contribution in [1.82, 2.24) is 5.32 Å². The normalized spacial score (nSPS) is 14.3. The number of benzene rings is 1. The Bertz CT molecular complexity index is 356. The summed E-state index contributed by atoms with van der Waals surface area (Å²) in [4.78, 5) is 1.35. The van der Waals surface area contributed by atoms with Crippen LogP contribution in [0.5, 0.6) is 0 Å². The Morgan fingerprint density at radius 3 is 2.63 bits per heavy atom. The van der Waals surface area contributed by atoms with Crippen LogP contribution >= 0.6 is 11.8 Å². The quantitative estimate of drug-likeness (QED) is 0.671. The fourth-order valence-electron chi connectivity index (χ4n) is 2.13. The zero-order valence-electron chi connectivity index (χ0n) is 12.4. The second kappa shape index (κ2) is 9.40. The molecule has 0 saturated heterocycles. The molecule has 0 aliphatic rings. The fraction of sp³-hybridized carbons (Fsp3) is 0.625. The first-order valence-corrected chi connectivity index (χ1v) is 8.20. The van der Waals surface area contributed by atoms with Crippen molar-refractivity contribution in [3.05, 3.63) is 29.8 Å². The van der Waals surface area contributed by atoms with Crippen LogP contribution in [0.15, 0.2) is 29.2 Å². The van der Waals surface area contributed by atoms with Crippen molar-refractivity contribution < 1.29 is 5.11 Å². The highest BCUT2D eigenvalue weighted by Crippen LogP contribution is 2.32. The smallest absolute Gasteiger partial charge is 0.0441 e. The molecule has 0 aromatic heterocycles. The third-order valence-electron chi connectivity index (χ3n) is 3.21. The Hall–Kier alpha value is -0.510. The summed E-state index contributed by atoms with van der Waals surface area (Å²) in [6.07, 6.45) is 3.11. The van der Waals surface area contributed by atoms with Crippen molar-refractivity contribution in [2.75, 3.05) is 13.2 Å². The summed E-state index contributed by atoms with van der Waals surface area (Å²) in [5.74, 6) is 0. The molecule has 0 aliphatic heterocycles. The number of rotatable bonds is 9. The van der Waals surface area contributed by atoms with Gasteiger partial charge in [-0.25, -0.2) is 0 Å². The highest BCUT2D eigenvalue weighted by molar-refractivity contribution is 8.00. The van der Waals surface area contributed by atoms with Crippen molar-refractivity contribution in [1.29, 1.82) is 0 Å². The molecule has 0 saturated carbocycles. The van der Waals surface area contributed by atoms with E-state index in [0.717, 1.165) is 25.8 Å². The summed E-state index contributed by atoms with van der Waals surface area (Å²) in [7, 11) is 0. The molecular formula is C16H27NOS. The summed E-state index contributed by atoms with van der Waals surface area (Å²) in [5.41, 5.74) is 1.40. The lowest BCUT2D eigenvalue weighted by Crippen LogP contribution is -2.22. The topological polar surface area (TPSA) is 32.3 Å².